The number of hydrogen-bond donors (Lipinski definition) is 0. The first-order chi connectivity index (χ1) is 7.24. The van der Waals surface area contributed by atoms with Gasteiger partial charge in [0.15, 0.2) is 0 Å². The summed E-state index contributed by atoms with van der Waals surface area (Å²) in [6.45, 7) is 8.60. The van der Waals surface area contributed by atoms with Crippen LogP contribution in [0.3, 0.4) is 0 Å². The van der Waals surface area contributed by atoms with Gasteiger partial charge in [0.2, 0.25) is 0 Å². The van der Waals surface area contributed by atoms with E-state index in [9.17, 15) is 0 Å². The highest BCUT2D eigenvalue weighted by Gasteiger charge is 2.43. The number of aromatic nitrogens is 2. The molecule has 1 aliphatic carbocycles. The zero-order valence-corrected chi connectivity index (χ0v) is 12.4. The first-order valence-electron chi connectivity index (χ1n) is 5.48. The van der Waals surface area contributed by atoms with Crippen LogP contribution in [0.2, 0.25) is 5.15 Å². The second-order valence-corrected chi connectivity index (χ2v) is 6.96. The highest BCUT2D eigenvalue weighted by Crippen LogP contribution is 2.47. The Morgan fingerprint density at radius 2 is 1.81 bits per heavy atom. The first kappa shape index (κ1) is 12.3. The topological polar surface area (TPSA) is 25.8 Å². The average molecular weight is 304 g/mol. The van der Waals surface area contributed by atoms with Crippen LogP contribution >= 0.6 is 27.5 Å². The molecule has 0 aromatic carbocycles. The minimum atomic E-state index is -0.0224. The Hall–Kier alpha value is -0.150. The van der Waals surface area contributed by atoms with Crippen LogP contribution in [0.4, 0.5) is 0 Å². The Morgan fingerprint density at radius 3 is 2.25 bits per heavy atom. The average Bonchev–Trinajstić information content (AvgIpc) is 2.87. The molecular weight excluding hydrogens is 288 g/mol. The molecule has 0 saturated heterocycles. The third-order valence-electron chi connectivity index (χ3n) is 3.06. The van der Waals surface area contributed by atoms with Crippen molar-refractivity contribution >= 4 is 27.5 Å². The van der Waals surface area contributed by atoms with Crippen molar-refractivity contribution in [1.82, 2.24) is 9.97 Å². The van der Waals surface area contributed by atoms with E-state index in [1.54, 1.807) is 0 Å². The molecule has 16 heavy (non-hydrogen) atoms. The second kappa shape index (κ2) is 3.67. The van der Waals surface area contributed by atoms with Crippen molar-refractivity contribution in [1.29, 1.82) is 0 Å². The summed E-state index contributed by atoms with van der Waals surface area (Å²) < 4.78 is 0.828. The quantitative estimate of drug-likeness (QED) is 0.725. The molecule has 2 nitrogen and oxygen atoms in total. The molecule has 1 fully saturated rings. The smallest absolute Gasteiger partial charge is 0.147 e. The molecule has 1 aromatic heterocycles. The van der Waals surface area contributed by atoms with E-state index in [1.807, 2.05) is 0 Å². The van der Waals surface area contributed by atoms with Gasteiger partial charge in [-0.3, -0.25) is 0 Å². The second-order valence-electron chi connectivity index (χ2n) is 5.81. The third-order valence-corrected chi connectivity index (χ3v) is 4.31. The number of nitrogens with zero attached hydrogens (tertiary/aromatic N) is 2. The van der Waals surface area contributed by atoms with Crippen LogP contribution in [-0.2, 0) is 10.8 Å². The fourth-order valence-electron chi connectivity index (χ4n) is 1.60. The van der Waals surface area contributed by atoms with E-state index in [-0.39, 0.29) is 10.8 Å². The lowest BCUT2D eigenvalue weighted by atomic mass is 9.91. The van der Waals surface area contributed by atoms with Crippen molar-refractivity contribution in [2.45, 2.75) is 51.4 Å². The monoisotopic (exact) mass is 302 g/mol. The molecule has 0 atom stereocenters. The molecule has 0 radical (unpaired) electrons. The van der Waals surface area contributed by atoms with Crippen molar-refractivity contribution in [3.05, 3.63) is 21.1 Å². The molecule has 88 valence electrons. The highest BCUT2D eigenvalue weighted by molar-refractivity contribution is 9.10. The highest BCUT2D eigenvalue weighted by atomic mass is 79.9. The maximum absolute atomic E-state index is 6.16. The van der Waals surface area contributed by atoms with Gasteiger partial charge < -0.3 is 0 Å². The van der Waals surface area contributed by atoms with Crippen LogP contribution in [0.15, 0.2) is 4.47 Å². The molecule has 0 spiro atoms. The Morgan fingerprint density at radius 1 is 1.25 bits per heavy atom. The zero-order valence-electron chi connectivity index (χ0n) is 10.1. The van der Waals surface area contributed by atoms with E-state index in [4.69, 9.17) is 16.6 Å². The normalized spacial score (nSPS) is 18.6. The Kier molecular flexibility index (Phi) is 2.83. The van der Waals surface area contributed by atoms with Crippen molar-refractivity contribution in [3.63, 3.8) is 0 Å². The lowest BCUT2D eigenvalue weighted by Crippen LogP contribution is -2.19. The van der Waals surface area contributed by atoms with Gasteiger partial charge in [0.05, 0.1) is 10.2 Å². The molecule has 0 bridgehead atoms. The van der Waals surface area contributed by atoms with E-state index >= 15 is 0 Å². The summed E-state index contributed by atoms with van der Waals surface area (Å²) in [5.41, 5.74) is 1.13. The number of rotatable bonds is 1. The molecule has 1 saturated carbocycles. The summed E-state index contributed by atoms with van der Waals surface area (Å²) in [4.78, 5) is 9.08. The van der Waals surface area contributed by atoms with Crippen LogP contribution in [0.5, 0.6) is 0 Å². The van der Waals surface area contributed by atoms with Crippen LogP contribution < -0.4 is 0 Å². The van der Waals surface area contributed by atoms with E-state index in [1.165, 1.54) is 0 Å². The van der Waals surface area contributed by atoms with Crippen molar-refractivity contribution < 1.29 is 0 Å². The van der Waals surface area contributed by atoms with E-state index in [0.717, 1.165) is 28.8 Å². The maximum atomic E-state index is 6.16. The molecule has 1 heterocycles. The van der Waals surface area contributed by atoms with Gasteiger partial charge in [0.1, 0.15) is 11.0 Å². The molecular formula is C12H16BrClN2. The third kappa shape index (κ3) is 2.12. The van der Waals surface area contributed by atoms with Crippen LogP contribution in [0.1, 0.15) is 52.1 Å². The molecule has 4 heteroatoms. The van der Waals surface area contributed by atoms with Gasteiger partial charge in [-0.1, -0.05) is 39.3 Å². The van der Waals surface area contributed by atoms with E-state index < -0.39 is 0 Å². The van der Waals surface area contributed by atoms with Gasteiger partial charge >= 0.3 is 0 Å². The lowest BCUT2D eigenvalue weighted by Gasteiger charge is -2.21. The van der Waals surface area contributed by atoms with Crippen molar-refractivity contribution in [3.8, 4) is 0 Å². The van der Waals surface area contributed by atoms with Crippen molar-refractivity contribution in [2.24, 2.45) is 0 Å². The van der Waals surface area contributed by atoms with Gasteiger partial charge in [-0.15, -0.1) is 0 Å². The standard InChI is InChI=1S/C12H16BrClN2/c1-11(2,3)8-7(13)9(14)16-10(15-8)12(4)5-6-12/h5-6H2,1-4H3. The van der Waals surface area contributed by atoms with E-state index in [2.05, 4.69) is 48.6 Å². The van der Waals surface area contributed by atoms with Gasteiger partial charge in [-0.2, -0.15) is 0 Å². The molecule has 1 aromatic rings. The molecule has 2 rings (SSSR count). The van der Waals surface area contributed by atoms with Gasteiger partial charge in [-0.05, 0) is 28.8 Å². The van der Waals surface area contributed by atoms with Crippen LogP contribution in [0.25, 0.3) is 0 Å². The lowest BCUT2D eigenvalue weighted by molar-refractivity contribution is 0.550. The maximum Gasteiger partial charge on any atom is 0.147 e. The summed E-state index contributed by atoms with van der Waals surface area (Å²) in [5.74, 6) is 0.894. The number of hydrogen-bond acceptors (Lipinski definition) is 2. The molecule has 0 unspecified atom stereocenters. The Bertz CT molecular complexity index is 433. The number of halogens is 2. The zero-order chi connectivity index (χ0) is 12.1. The molecule has 0 amide bonds. The minimum Gasteiger partial charge on any atom is -0.236 e. The molecule has 1 aliphatic rings. The Balaban J connectivity index is 2.56. The van der Waals surface area contributed by atoms with Gasteiger partial charge in [0.25, 0.3) is 0 Å². The van der Waals surface area contributed by atoms with Gasteiger partial charge in [0, 0.05) is 10.8 Å². The molecule has 0 N–H and O–H groups in total. The van der Waals surface area contributed by atoms with Crippen LogP contribution in [0, 0.1) is 0 Å². The fraction of sp³-hybridized carbons (Fsp3) is 0.667. The largest absolute Gasteiger partial charge is 0.236 e. The summed E-state index contributed by atoms with van der Waals surface area (Å²) in [6, 6.07) is 0. The Labute approximate surface area is 110 Å². The summed E-state index contributed by atoms with van der Waals surface area (Å²) in [7, 11) is 0. The minimum absolute atomic E-state index is 0.0224. The summed E-state index contributed by atoms with van der Waals surface area (Å²) in [5, 5.41) is 0.531. The summed E-state index contributed by atoms with van der Waals surface area (Å²) >= 11 is 9.64. The predicted molar refractivity (Wildman–Crippen MR) is 70.0 cm³/mol. The first-order valence-corrected chi connectivity index (χ1v) is 6.65. The predicted octanol–water partition coefficient (Wildman–Crippen LogP) is 4.24. The SMILES string of the molecule is CC(C)(C)c1nc(C2(C)CC2)nc(Cl)c1Br. The van der Waals surface area contributed by atoms with Gasteiger partial charge in [-0.25, -0.2) is 9.97 Å². The van der Waals surface area contributed by atoms with Crippen LogP contribution in [-0.4, -0.2) is 9.97 Å². The van der Waals surface area contributed by atoms with Crippen molar-refractivity contribution in [2.75, 3.05) is 0 Å². The fourth-order valence-corrected chi connectivity index (χ4v) is 2.54. The van der Waals surface area contributed by atoms with E-state index in [0.29, 0.717) is 5.15 Å². The summed E-state index contributed by atoms with van der Waals surface area (Å²) in [6.07, 6.45) is 2.32. The molecule has 0 aliphatic heterocycles.